The standard InChI is InChI=1S/C5H9NO2.Zn/c7-5(8)6-3-1-2-4-6;/h1-4H2,(H,7,8);. The van der Waals surface area contributed by atoms with E-state index in [2.05, 4.69) is 0 Å². The smallest absolute Gasteiger partial charge is 0.407 e. The van der Waals surface area contributed by atoms with Crippen LogP contribution in [0.2, 0.25) is 0 Å². The van der Waals surface area contributed by atoms with E-state index in [1.807, 2.05) is 0 Å². The van der Waals surface area contributed by atoms with Crippen molar-refractivity contribution in [1.29, 1.82) is 0 Å². The van der Waals surface area contributed by atoms with E-state index in [-0.39, 0.29) is 19.5 Å². The Morgan fingerprint density at radius 1 is 1.33 bits per heavy atom. The zero-order valence-corrected chi connectivity index (χ0v) is 8.31. The van der Waals surface area contributed by atoms with Crippen molar-refractivity contribution in [2.45, 2.75) is 12.8 Å². The topological polar surface area (TPSA) is 40.5 Å². The molecule has 1 aliphatic rings. The SMILES string of the molecule is O=C(O)N1CCCC1.[Zn]. The van der Waals surface area contributed by atoms with Gasteiger partial charge in [-0.3, -0.25) is 0 Å². The molecule has 1 fully saturated rings. The first-order valence-electron chi connectivity index (χ1n) is 2.78. The molecule has 9 heavy (non-hydrogen) atoms. The first kappa shape index (κ1) is 8.89. The number of hydrogen-bond donors (Lipinski definition) is 1. The molecule has 4 heteroatoms. The van der Waals surface area contributed by atoms with Crippen molar-refractivity contribution in [3.63, 3.8) is 0 Å². The van der Waals surface area contributed by atoms with E-state index in [4.69, 9.17) is 5.11 Å². The van der Waals surface area contributed by atoms with Gasteiger partial charge in [-0.15, -0.1) is 0 Å². The van der Waals surface area contributed by atoms with Crippen molar-refractivity contribution in [2.75, 3.05) is 13.1 Å². The molecule has 1 rings (SSSR count). The first-order valence-corrected chi connectivity index (χ1v) is 2.78. The van der Waals surface area contributed by atoms with Crippen molar-refractivity contribution in [3.8, 4) is 0 Å². The number of nitrogens with zero attached hydrogens (tertiary/aromatic N) is 1. The molecule has 0 aromatic carbocycles. The fourth-order valence-corrected chi connectivity index (χ4v) is 0.908. The van der Waals surface area contributed by atoms with Crippen LogP contribution in [0.1, 0.15) is 12.8 Å². The van der Waals surface area contributed by atoms with Gasteiger partial charge >= 0.3 is 6.09 Å². The average Bonchev–Trinajstić information content (AvgIpc) is 2.12. The Kier molecular flexibility index (Phi) is 3.79. The second-order valence-electron chi connectivity index (χ2n) is 1.98. The van der Waals surface area contributed by atoms with Gasteiger partial charge in [-0.25, -0.2) is 4.79 Å². The van der Waals surface area contributed by atoms with E-state index in [1.165, 1.54) is 4.90 Å². The third-order valence-electron chi connectivity index (χ3n) is 1.38. The fraction of sp³-hybridized carbons (Fsp3) is 0.800. The molecule has 0 spiro atoms. The maximum Gasteiger partial charge on any atom is 0.407 e. The van der Waals surface area contributed by atoms with Crippen LogP contribution in [0.15, 0.2) is 0 Å². The summed E-state index contributed by atoms with van der Waals surface area (Å²) in [6, 6.07) is 0. The number of hydrogen-bond acceptors (Lipinski definition) is 1. The van der Waals surface area contributed by atoms with Crippen molar-refractivity contribution in [2.24, 2.45) is 0 Å². The van der Waals surface area contributed by atoms with Crippen LogP contribution in [0.25, 0.3) is 0 Å². The molecule has 1 heterocycles. The molecule has 0 unspecified atom stereocenters. The quantitative estimate of drug-likeness (QED) is 0.559. The minimum absolute atomic E-state index is 0. The van der Waals surface area contributed by atoms with Gasteiger partial charge in [0.05, 0.1) is 0 Å². The minimum atomic E-state index is -0.775. The van der Waals surface area contributed by atoms with Crippen LogP contribution in [0, 0.1) is 0 Å². The number of amides is 1. The zero-order chi connectivity index (χ0) is 5.98. The summed E-state index contributed by atoms with van der Waals surface area (Å²) in [5, 5.41) is 8.34. The number of rotatable bonds is 0. The second kappa shape index (κ2) is 3.83. The van der Waals surface area contributed by atoms with Gasteiger partial charge in [0, 0.05) is 32.6 Å². The summed E-state index contributed by atoms with van der Waals surface area (Å²) in [7, 11) is 0. The second-order valence-corrected chi connectivity index (χ2v) is 1.98. The predicted molar refractivity (Wildman–Crippen MR) is 28.8 cm³/mol. The molecular weight excluding hydrogens is 171 g/mol. The van der Waals surface area contributed by atoms with Gasteiger partial charge in [0.1, 0.15) is 0 Å². The monoisotopic (exact) mass is 179 g/mol. The molecule has 0 aromatic heterocycles. The van der Waals surface area contributed by atoms with E-state index in [0.717, 1.165) is 25.9 Å². The largest absolute Gasteiger partial charge is 0.465 e. The average molecular weight is 181 g/mol. The molecule has 1 aliphatic heterocycles. The summed E-state index contributed by atoms with van der Waals surface area (Å²) in [5.74, 6) is 0. The van der Waals surface area contributed by atoms with Gasteiger partial charge < -0.3 is 10.0 Å². The van der Waals surface area contributed by atoms with Gasteiger partial charge in [-0.05, 0) is 12.8 Å². The summed E-state index contributed by atoms with van der Waals surface area (Å²) in [4.78, 5) is 11.6. The third-order valence-corrected chi connectivity index (χ3v) is 1.38. The summed E-state index contributed by atoms with van der Waals surface area (Å²) in [6.07, 6.45) is 1.29. The van der Waals surface area contributed by atoms with E-state index in [9.17, 15) is 4.79 Å². The zero-order valence-electron chi connectivity index (χ0n) is 5.34. The molecule has 0 saturated carbocycles. The molecule has 1 N–H and O–H groups in total. The summed E-state index contributed by atoms with van der Waals surface area (Å²) in [6.45, 7) is 1.46. The van der Waals surface area contributed by atoms with Crippen LogP contribution < -0.4 is 0 Å². The Labute approximate surface area is 66.8 Å². The molecule has 0 radical (unpaired) electrons. The van der Waals surface area contributed by atoms with E-state index in [0.29, 0.717) is 0 Å². The maximum atomic E-state index is 10.1. The van der Waals surface area contributed by atoms with Crippen molar-refractivity contribution in [1.82, 2.24) is 4.90 Å². The number of carboxylic acid groups (broad SMARTS) is 1. The predicted octanol–water partition coefficient (Wildman–Crippen LogP) is 0.758. The van der Waals surface area contributed by atoms with Gasteiger partial charge in [0.25, 0.3) is 0 Å². The molecule has 0 aromatic rings. The van der Waals surface area contributed by atoms with Crippen LogP contribution in [0.4, 0.5) is 4.79 Å². The van der Waals surface area contributed by atoms with Crippen LogP contribution in [0.5, 0.6) is 0 Å². The minimum Gasteiger partial charge on any atom is -0.465 e. The van der Waals surface area contributed by atoms with Gasteiger partial charge in [-0.2, -0.15) is 0 Å². The Bertz CT molecular complexity index is 101. The van der Waals surface area contributed by atoms with Gasteiger partial charge in [0.2, 0.25) is 0 Å². The van der Waals surface area contributed by atoms with Crippen molar-refractivity contribution < 1.29 is 29.4 Å². The third kappa shape index (κ3) is 2.31. The summed E-state index contributed by atoms with van der Waals surface area (Å²) in [5.41, 5.74) is 0. The van der Waals surface area contributed by atoms with Crippen molar-refractivity contribution >= 4 is 6.09 Å². The maximum absolute atomic E-state index is 10.1. The molecule has 1 saturated heterocycles. The Morgan fingerprint density at radius 2 is 1.78 bits per heavy atom. The number of likely N-dealkylation sites (tertiary alicyclic amines) is 1. The Morgan fingerprint density at radius 3 is 2.00 bits per heavy atom. The van der Waals surface area contributed by atoms with Crippen LogP contribution >= 0.6 is 0 Å². The Hall–Kier alpha value is -0.107. The fourth-order valence-electron chi connectivity index (χ4n) is 0.908. The molecule has 0 atom stereocenters. The van der Waals surface area contributed by atoms with Crippen LogP contribution in [-0.2, 0) is 19.5 Å². The summed E-state index contributed by atoms with van der Waals surface area (Å²) < 4.78 is 0. The molecule has 1 amide bonds. The number of carbonyl (C=O) groups is 1. The van der Waals surface area contributed by atoms with Gasteiger partial charge in [0.15, 0.2) is 0 Å². The van der Waals surface area contributed by atoms with E-state index < -0.39 is 6.09 Å². The van der Waals surface area contributed by atoms with Crippen LogP contribution in [0.3, 0.4) is 0 Å². The van der Waals surface area contributed by atoms with E-state index in [1.54, 1.807) is 0 Å². The molecule has 0 aliphatic carbocycles. The van der Waals surface area contributed by atoms with E-state index >= 15 is 0 Å². The molecular formula is C5H9NO2Zn. The Balaban J connectivity index is 0.000000640. The first-order chi connectivity index (χ1) is 3.80. The van der Waals surface area contributed by atoms with Gasteiger partial charge in [-0.1, -0.05) is 0 Å². The molecule has 0 bridgehead atoms. The normalized spacial score (nSPS) is 17.1. The van der Waals surface area contributed by atoms with Crippen LogP contribution in [-0.4, -0.2) is 29.2 Å². The molecule has 3 nitrogen and oxygen atoms in total. The molecule has 48 valence electrons. The summed E-state index contributed by atoms with van der Waals surface area (Å²) >= 11 is 0. The van der Waals surface area contributed by atoms with Crippen molar-refractivity contribution in [3.05, 3.63) is 0 Å².